The number of allylic oxidation sites excluding steroid dienone is 2. The monoisotopic (exact) mass is 526 g/mol. The second-order valence-electron chi connectivity index (χ2n) is 10.8. The van der Waals surface area contributed by atoms with E-state index in [-0.39, 0.29) is 6.54 Å². The average molecular weight is 527 g/mol. The van der Waals surface area contributed by atoms with Gasteiger partial charge in [-0.05, 0) is 32.1 Å². The van der Waals surface area contributed by atoms with Crippen molar-refractivity contribution in [2.75, 3.05) is 26.2 Å². The molecule has 37 heavy (non-hydrogen) atoms. The van der Waals surface area contributed by atoms with E-state index in [2.05, 4.69) is 19.1 Å². The number of nitrogens with zero attached hydrogens (tertiary/aromatic N) is 1. The van der Waals surface area contributed by atoms with Crippen molar-refractivity contribution in [3.05, 3.63) is 12.2 Å². The zero-order valence-electron chi connectivity index (χ0n) is 23.6. The molecule has 7 heteroatoms. The highest BCUT2D eigenvalue weighted by atomic mass is 16.4. The van der Waals surface area contributed by atoms with Crippen molar-refractivity contribution in [1.29, 1.82) is 0 Å². The van der Waals surface area contributed by atoms with Gasteiger partial charge >= 0.3 is 17.9 Å². The summed E-state index contributed by atoms with van der Waals surface area (Å²) < 4.78 is -0.434. The summed E-state index contributed by atoms with van der Waals surface area (Å²) in [6.45, 7) is 1.07. The van der Waals surface area contributed by atoms with Crippen LogP contribution in [-0.2, 0) is 14.4 Å². The highest BCUT2D eigenvalue weighted by molar-refractivity contribution is 5.73. The van der Waals surface area contributed by atoms with Crippen LogP contribution in [0.3, 0.4) is 0 Å². The van der Waals surface area contributed by atoms with Gasteiger partial charge in [0.05, 0.1) is 6.54 Å². The molecule has 0 spiro atoms. The van der Waals surface area contributed by atoms with Crippen LogP contribution in [-0.4, -0.2) is 63.9 Å². The first kappa shape index (κ1) is 35.1. The lowest BCUT2D eigenvalue weighted by Gasteiger charge is -2.34. The molecule has 0 rings (SSSR count). The molecule has 7 nitrogen and oxygen atoms in total. The predicted octanol–water partition coefficient (Wildman–Crippen LogP) is 7.44. The standard InChI is InChI=1S/C30H55NO6/c1-2-3-4-5-6-7-8-9-10-11-12-13-14-15-16-17-18-19-20-21-22-23-24-31(25-28(32)33,26-29(34)35)27-30(36)37/h5-6H,2-4,7-27H2,1H3,(H2-,32,33,34,35,36,37)/p+1/b6-5+. The molecule has 0 unspecified atom stereocenters. The molecule has 0 fully saturated rings. The van der Waals surface area contributed by atoms with E-state index in [1.54, 1.807) is 0 Å². The lowest BCUT2D eigenvalue weighted by atomic mass is 10.0. The molecule has 0 heterocycles. The Morgan fingerprint density at radius 3 is 1.11 bits per heavy atom. The topological polar surface area (TPSA) is 112 Å². The summed E-state index contributed by atoms with van der Waals surface area (Å²) in [5, 5.41) is 27.4. The van der Waals surface area contributed by atoms with Crippen molar-refractivity contribution in [2.24, 2.45) is 0 Å². The molecule has 0 aliphatic rings. The normalized spacial score (nSPS) is 11.8. The minimum absolute atomic E-state index is 0.265. The van der Waals surface area contributed by atoms with Crippen molar-refractivity contribution in [2.45, 2.75) is 135 Å². The number of aliphatic carboxylic acids is 3. The van der Waals surface area contributed by atoms with Crippen LogP contribution in [0.2, 0.25) is 0 Å². The number of carboxylic acid groups (broad SMARTS) is 3. The largest absolute Gasteiger partial charge is 0.477 e. The fourth-order valence-corrected chi connectivity index (χ4v) is 5.01. The van der Waals surface area contributed by atoms with Crippen LogP contribution in [0.5, 0.6) is 0 Å². The molecule has 0 aliphatic carbocycles. The van der Waals surface area contributed by atoms with Crippen molar-refractivity contribution in [1.82, 2.24) is 0 Å². The smallest absolute Gasteiger partial charge is 0.359 e. The van der Waals surface area contributed by atoms with Crippen molar-refractivity contribution < 1.29 is 34.2 Å². The van der Waals surface area contributed by atoms with E-state index >= 15 is 0 Å². The van der Waals surface area contributed by atoms with E-state index in [0.29, 0.717) is 6.42 Å². The van der Waals surface area contributed by atoms with Gasteiger partial charge in [-0.1, -0.05) is 115 Å². The Balaban J connectivity index is 3.62. The van der Waals surface area contributed by atoms with Crippen LogP contribution in [0.1, 0.15) is 135 Å². The average Bonchev–Trinajstić information content (AvgIpc) is 2.81. The highest BCUT2D eigenvalue weighted by Gasteiger charge is 2.35. The second-order valence-corrected chi connectivity index (χ2v) is 10.8. The highest BCUT2D eigenvalue weighted by Crippen LogP contribution is 2.16. The van der Waals surface area contributed by atoms with Gasteiger partial charge < -0.3 is 15.3 Å². The van der Waals surface area contributed by atoms with E-state index in [9.17, 15) is 14.4 Å². The van der Waals surface area contributed by atoms with Crippen molar-refractivity contribution >= 4 is 17.9 Å². The minimum Gasteiger partial charge on any atom is -0.477 e. The summed E-state index contributed by atoms with van der Waals surface area (Å²) >= 11 is 0. The molecule has 0 aliphatic heterocycles. The number of carbonyl (C=O) groups is 3. The fourth-order valence-electron chi connectivity index (χ4n) is 5.01. The lowest BCUT2D eigenvalue weighted by molar-refractivity contribution is -0.907. The molecule has 0 aromatic rings. The van der Waals surface area contributed by atoms with Gasteiger partial charge in [-0.25, -0.2) is 14.4 Å². The summed E-state index contributed by atoms with van der Waals surface area (Å²) in [4.78, 5) is 33.6. The third kappa shape index (κ3) is 24.2. The number of rotatable bonds is 28. The minimum atomic E-state index is -1.17. The van der Waals surface area contributed by atoms with Crippen LogP contribution >= 0.6 is 0 Å². The molecule has 216 valence electrons. The number of hydrogen-bond acceptors (Lipinski definition) is 3. The van der Waals surface area contributed by atoms with Gasteiger partial charge in [0.25, 0.3) is 0 Å². The number of quaternary nitrogens is 1. The quantitative estimate of drug-likeness (QED) is 0.0555. The molecule has 0 aromatic carbocycles. The third-order valence-corrected chi connectivity index (χ3v) is 7.06. The maximum absolute atomic E-state index is 11.2. The summed E-state index contributed by atoms with van der Waals surface area (Å²) in [6, 6.07) is 0. The van der Waals surface area contributed by atoms with E-state index in [4.69, 9.17) is 15.3 Å². The number of hydrogen-bond donors (Lipinski definition) is 3. The summed E-state index contributed by atoms with van der Waals surface area (Å²) in [6.07, 6.45) is 29.3. The fraction of sp³-hybridized carbons (Fsp3) is 0.833. The van der Waals surface area contributed by atoms with E-state index in [0.717, 1.165) is 19.3 Å². The molecular weight excluding hydrogens is 470 g/mol. The van der Waals surface area contributed by atoms with Crippen LogP contribution < -0.4 is 0 Å². The Hall–Kier alpha value is -1.89. The Bertz CT molecular complexity index is 578. The van der Waals surface area contributed by atoms with Gasteiger partial charge in [-0.2, -0.15) is 0 Å². The summed E-state index contributed by atoms with van der Waals surface area (Å²) in [5.74, 6) is -3.50. The Morgan fingerprint density at radius 1 is 0.486 bits per heavy atom. The summed E-state index contributed by atoms with van der Waals surface area (Å²) in [7, 11) is 0. The zero-order chi connectivity index (χ0) is 27.6. The Kier molecular flexibility index (Phi) is 23.2. The predicted molar refractivity (Wildman–Crippen MR) is 150 cm³/mol. The van der Waals surface area contributed by atoms with Gasteiger partial charge in [-0.3, -0.25) is 4.48 Å². The molecule has 0 saturated heterocycles. The Morgan fingerprint density at radius 2 is 0.784 bits per heavy atom. The Labute approximate surface area is 225 Å². The SMILES string of the molecule is CCCC/C=C/CCCCCCCCCCCCCCCCCC[N+](CC(=O)O)(CC(=O)O)CC(=O)O. The molecular formula is C30H56NO6+. The molecule has 0 bridgehead atoms. The van der Waals surface area contributed by atoms with Crippen LogP contribution in [0.4, 0.5) is 0 Å². The number of unbranched alkanes of at least 4 members (excludes halogenated alkanes) is 18. The first-order valence-corrected chi connectivity index (χ1v) is 15.0. The van der Waals surface area contributed by atoms with Crippen LogP contribution in [0.15, 0.2) is 12.2 Å². The van der Waals surface area contributed by atoms with Gasteiger partial charge in [0.2, 0.25) is 0 Å². The van der Waals surface area contributed by atoms with Crippen molar-refractivity contribution in [3.8, 4) is 0 Å². The molecule has 0 aromatic heterocycles. The van der Waals surface area contributed by atoms with Gasteiger partial charge in [0.1, 0.15) is 0 Å². The van der Waals surface area contributed by atoms with E-state index in [1.807, 2.05) is 0 Å². The first-order chi connectivity index (χ1) is 17.8. The maximum Gasteiger partial charge on any atom is 0.359 e. The molecule has 3 N–H and O–H groups in total. The van der Waals surface area contributed by atoms with Crippen molar-refractivity contribution in [3.63, 3.8) is 0 Å². The number of carboxylic acids is 3. The lowest BCUT2D eigenvalue weighted by Crippen LogP contribution is -2.57. The van der Waals surface area contributed by atoms with E-state index < -0.39 is 42.0 Å². The molecule has 0 atom stereocenters. The first-order valence-electron chi connectivity index (χ1n) is 15.0. The molecule has 0 amide bonds. The van der Waals surface area contributed by atoms with Gasteiger partial charge in [-0.15, -0.1) is 0 Å². The zero-order valence-corrected chi connectivity index (χ0v) is 23.6. The van der Waals surface area contributed by atoms with Crippen LogP contribution in [0.25, 0.3) is 0 Å². The molecule has 0 radical (unpaired) electrons. The third-order valence-electron chi connectivity index (χ3n) is 7.06. The summed E-state index contributed by atoms with van der Waals surface area (Å²) in [5.41, 5.74) is 0. The van der Waals surface area contributed by atoms with Crippen LogP contribution in [0, 0.1) is 0 Å². The second kappa shape index (κ2) is 24.4. The van der Waals surface area contributed by atoms with Gasteiger partial charge in [0, 0.05) is 0 Å². The molecule has 0 saturated carbocycles. The van der Waals surface area contributed by atoms with Gasteiger partial charge in [0.15, 0.2) is 19.6 Å². The van der Waals surface area contributed by atoms with E-state index in [1.165, 1.54) is 103 Å². The maximum atomic E-state index is 11.2.